The van der Waals surface area contributed by atoms with Gasteiger partial charge in [0, 0.05) is 30.1 Å². The molecule has 0 aliphatic carbocycles. The second-order valence-corrected chi connectivity index (χ2v) is 12.6. The fourth-order valence-corrected chi connectivity index (χ4v) is 6.55. The van der Waals surface area contributed by atoms with Crippen molar-refractivity contribution in [3.05, 3.63) is 133 Å². The zero-order chi connectivity index (χ0) is 33.9. The number of carbonyl (C=O) groups is 3. The Balaban J connectivity index is 1.30. The topological polar surface area (TPSA) is 112 Å². The van der Waals surface area contributed by atoms with E-state index in [1.807, 2.05) is 85.1 Å². The first-order valence-corrected chi connectivity index (χ1v) is 16.6. The van der Waals surface area contributed by atoms with E-state index in [2.05, 4.69) is 23.5 Å². The van der Waals surface area contributed by atoms with Crippen molar-refractivity contribution in [1.82, 2.24) is 15.2 Å². The van der Waals surface area contributed by atoms with Crippen molar-refractivity contribution in [2.45, 2.75) is 57.2 Å². The van der Waals surface area contributed by atoms with Crippen LogP contribution in [0.3, 0.4) is 0 Å². The van der Waals surface area contributed by atoms with E-state index in [-0.39, 0.29) is 43.5 Å². The van der Waals surface area contributed by atoms with Crippen molar-refractivity contribution in [3.63, 3.8) is 0 Å². The summed E-state index contributed by atoms with van der Waals surface area (Å²) in [5.41, 5.74) is 5.15. The average molecular weight is 648 g/mol. The molecular formula is C40H45N3O5. The maximum absolute atomic E-state index is 13.9. The van der Waals surface area contributed by atoms with E-state index in [1.165, 1.54) is 0 Å². The number of aliphatic hydroxyl groups is 1. The first-order chi connectivity index (χ1) is 23.4. The van der Waals surface area contributed by atoms with Crippen LogP contribution in [0.25, 0.3) is 10.9 Å². The molecule has 8 heteroatoms. The lowest BCUT2D eigenvalue weighted by atomic mass is 9.92. The monoisotopic (exact) mass is 647 g/mol. The number of nitrogens with one attached hydrogen (secondary N) is 2. The molecule has 0 spiro atoms. The van der Waals surface area contributed by atoms with Gasteiger partial charge in [-0.25, -0.2) is 0 Å². The number of aliphatic hydroxyl groups excluding tert-OH is 1. The van der Waals surface area contributed by atoms with Crippen molar-refractivity contribution in [2.75, 3.05) is 13.2 Å². The van der Waals surface area contributed by atoms with Crippen LogP contribution in [0.4, 0.5) is 0 Å². The fourth-order valence-electron chi connectivity index (χ4n) is 6.55. The Morgan fingerprint density at radius 2 is 1.60 bits per heavy atom. The number of ether oxygens (including phenoxy) is 1. The van der Waals surface area contributed by atoms with Crippen LogP contribution < -0.4 is 5.32 Å². The summed E-state index contributed by atoms with van der Waals surface area (Å²) < 4.78 is 5.90. The van der Waals surface area contributed by atoms with Crippen molar-refractivity contribution in [3.8, 4) is 0 Å². The van der Waals surface area contributed by atoms with Crippen molar-refractivity contribution < 1.29 is 24.2 Å². The number of hydrogen-bond donors (Lipinski definition) is 3. The minimum absolute atomic E-state index is 0.0310. The third kappa shape index (κ3) is 8.69. The van der Waals surface area contributed by atoms with Gasteiger partial charge in [0.1, 0.15) is 6.61 Å². The zero-order valence-electron chi connectivity index (χ0n) is 27.4. The Kier molecular flexibility index (Phi) is 12.0. The number of amides is 2. The fraction of sp³-hybridized carbons (Fsp3) is 0.325. The van der Waals surface area contributed by atoms with Crippen LogP contribution in [0.15, 0.2) is 110 Å². The highest BCUT2D eigenvalue weighted by Gasteiger charge is 2.33. The highest BCUT2D eigenvalue weighted by molar-refractivity contribution is 5.87. The van der Waals surface area contributed by atoms with E-state index < -0.39 is 17.9 Å². The van der Waals surface area contributed by atoms with Gasteiger partial charge in [0.25, 0.3) is 0 Å². The maximum Gasteiger partial charge on any atom is 0.309 e. The number of nitrogens with zero attached hydrogens (tertiary/aromatic N) is 1. The molecule has 8 nitrogen and oxygen atoms in total. The summed E-state index contributed by atoms with van der Waals surface area (Å²) in [4.78, 5) is 45.9. The molecule has 5 rings (SSSR count). The normalized spacial score (nSPS) is 15.9. The smallest absolute Gasteiger partial charge is 0.309 e. The van der Waals surface area contributed by atoms with E-state index in [0.29, 0.717) is 38.6 Å². The first-order valence-electron chi connectivity index (χ1n) is 16.6. The number of aromatic nitrogens is 1. The van der Waals surface area contributed by atoms with E-state index in [4.69, 9.17) is 4.74 Å². The van der Waals surface area contributed by atoms with Crippen molar-refractivity contribution >= 4 is 28.7 Å². The molecule has 4 aromatic rings. The van der Waals surface area contributed by atoms with Crippen LogP contribution in [-0.4, -0.2) is 58.1 Å². The molecule has 1 aliphatic rings. The Hall–Kier alpha value is -4.95. The average Bonchev–Trinajstić information content (AvgIpc) is 3.52. The predicted octanol–water partition coefficient (Wildman–Crippen LogP) is 5.70. The van der Waals surface area contributed by atoms with Gasteiger partial charge in [0.2, 0.25) is 11.8 Å². The van der Waals surface area contributed by atoms with Gasteiger partial charge >= 0.3 is 5.97 Å². The van der Waals surface area contributed by atoms with Gasteiger partial charge in [0.15, 0.2) is 0 Å². The van der Waals surface area contributed by atoms with Crippen LogP contribution in [0.5, 0.6) is 0 Å². The Morgan fingerprint density at radius 3 is 2.35 bits per heavy atom. The summed E-state index contributed by atoms with van der Waals surface area (Å²) in [6.45, 7) is 7.87. The molecule has 4 atom stereocenters. The summed E-state index contributed by atoms with van der Waals surface area (Å²) in [6, 6.07) is 24.7. The number of para-hydroxylation sites is 1. The van der Waals surface area contributed by atoms with Gasteiger partial charge in [0.05, 0.1) is 30.5 Å². The van der Waals surface area contributed by atoms with Gasteiger partial charge in [-0.05, 0) is 60.4 Å². The molecule has 0 bridgehead atoms. The van der Waals surface area contributed by atoms with Crippen LogP contribution in [0.1, 0.15) is 41.5 Å². The highest BCUT2D eigenvalue weighted by atomic mass is 16.5. The van der Waals surface area contributed by atoms with E-state index >= 15 is 0 Å². The lowest BCUT2D eigenvalue weighted by Crippen LogP contribution is -2.48. The second-order valence-electron chi connectivity index (χ2n) is 12.6. The number of esters is 1. The number of hydrogen-bond acceptors (Lipinski definition) is 5. The number of allylic oxidation sites excluding steroid dienone is 2. The van der Waals surface area contributed by atoms with E-state index in [1.54, 1.807) is 17.1 Å². The molecular weight excluding hydrogens is 602 g/mol. The molecule has 0 radical (unpaired) electrons. The minimum Gasteiger partial charge on any atom is -0.463 e. The number of fused-ring (bicyclic) bond motifs is 2. The minimum atomic E-state index is -0.681. The molecule has 3 N–H and O–H groups in total. The number of benzene rings is 3. The SMILES string of the molecule is C=CC[C@H](CC(=O)N1Cc2ccccc2C[C@H]1CO)C(=O)N[C@H](COC(=O)[C@H](CC=C)Cc1ccccc1)Cc1c[nH]c2ccccc12. The first kappa shape index (κ1) is 34.4. The third-order valence-corrected chi connectivity index (χ3v) is 9.15. The van der Waals surface area contributed by atoms with Crippen LogP contribution in [0.2, 0.25) is 0 Å². The summed E-state index contributed by atoms with van der Waals surface area (Å²) in [6.07, 6.45) is 7.50. The van der Waals surface area contributed by atoms with Crippen LogP contribution >= 0.6 is 0 Å². The molecule has 2 heterocycles. The Labute approximate surface area is 282 Å². The second kappa shape index (κ2) is 16.7. The number of rotatable bonds is 16. The van der Waals surface area contributed by atoms with Crippen molar-refractivity contribution in [1.29, 1.82) is 0 Å². The lowest BCUT2D eigenvalue weighted by molar-refractivity contribution is -0.149. The molecule has 1 aromatic heterocycles. The molecule has 1 aliphatic heterocycles. The van der Waals surface area contributed by atoms with Crippen molar-refractivity contribution in [2.24, 2.45) is 11.8 Å². The standard InChI is InChI=1S/C40H45N3O5/c1-3-12-30(23-38(45)43-25-32-17-9-8-16-29(32)22-35(43)26-44)39(46)42-34(21-33-24-41-37-19-11-10-18-36(33)37)27-48-40(47)31(13-4-2)20-28-14-6-5-7-15-28/h3-11,14-19,24,30-31,34-35,41,44H,1-2,12-13,20-23,25-27H2,(H,42,46)/t30-,31-,34+,35+/m1/s1. The third-order valence-electron chi connectivity index (χ3n) is 9.15. The van der Waals surface area contributed by atoms with Gasteiger partial charge < -0.3 is 25.0 Å². The number of carbonyl (C=O) groups excluding carboxylic acids is 3. The highest BCUT2D eigenvalue weighted by Crippen LogP contribution is 2.26. The summed E-state index contributed by atoms with van der Waals surface area (Å²) >= 11 is 0. The Bertz CT molecular complexity index is 1710. The van der Waals surface area contributed by atoms with Crippen LogP contribution in [0, 0.1) is 11.8 Å². The molecule has 0 fully saturated rings. The molecule has 250 valence electrons. The van der Waals surface area contributed by atoms with E-state index in [9.17, 15) is 19.5 Å². The Morgan fingerprint density at radius 1 is 0.917 bits per heavy atom. The molecule has 0 unspecified atom stereocenters. The number of H-pyrrole nitrogens is 1. The van der Waals surface area contributed by atoms with E-state index in [0.717, 1.165) is 33.2 Å². The summed E-state index contributed by atoms with van der Waals surface area (Å²) in [5, 5.41) is 14.3. The largest absolute Gasteiger partial charge is 0.463 e. The quantitative estimate of drug-likeness (QED) is 0.107. The summed E-state index contributed by atoms with van der Waals surface area (Å²) in [7, 11) is 0. The maximum atomic E-state index is 13.9. The molecule has 0 saturated heterocycles. The van der Waals surface area contributed by atoms with Gasteiger partial charge in [-0.15, -0.1) is 13.2 Å². The summed E-state index contributed by atoms with van der Waals surface area (Å²) in [5.74, 6) is -1.95. The van der Waals surface area contributed by atoms with Gasteiger partial charge in [-0.1, -0.05) is 84.9 Å². The van der Waals surface area contributed by atoms with Gasteiger partial charge in [-0.3, -0.25) is 14.4 Å². The zero-order valence-corrected chi connectivity index (χ0v) is 27.4. The number of aromatic amines is 1. The molecule has 48 heavy (non-hydrogen) atoms. The molecule has 2 amide bonds. The molecule has 3 aromatic carbocycles. The van der Waals surface area contributed by atoms with Gasteiger partial charge in [-0.2, -0.15) is 0 Å². The molecule has 0 saturated carbocycles. The predicted molar refractivity (Wildman–Crippen MR) is 188 cm³/mol. The lowest BCUT2D eigenvalue weighted by Gasteiger charge is -2.36. The van der Waals surface area contributed by atoms with Crippen LogP contribution in [-0.2, 0) is 44.9 Å².